The quantitative estimate of drug-likeness (QED) is 0.771. The van der Waals surface area contributed by atoms with E-state index in [1.165, 1.54) is 4.88 Å². The van der Waals surface area contributed by atoms with E-state index in [4.69, 9.17) is 0 Å². The minimum absolute atomic E-state index is 0.0494. The van der Waals surface area contributed by atoms with Gasteiger partial charge in [-0.1, -0.05) is 18.2 Å². The highest BCUT2D eigenvalue weighted by atomic mass is 32.1. The van der Waals surface area contributed by atoms with Crippen molar-refractivity contribution in [2.24, 2.45) is 0 Å². The number of amides is 1. The normalized spacial score (nSPS) is 24.8. The van der Waals surface area contributed by atoms with Crippen LogP contribution < -0.4 is 5.32 Å². The third-order valence-corrected chi connectivity index (χ3v) is 6.42. The number of aliphatic hydroxyl groups excluding tert-OH is 2. The van der Waals surface area contributed by atoms with Crippen molar-refractivity contribution >= 4 is 22.9 Å². The number of aliphatic hydroxyl groups is 2. The summed E-state index contributed by atoms with van der Waals surface area (Å²) in [4.78, 5) is 14.8. The van der Waals surface area contributed by atoms with Crippen molar-refractivity contribution in [1.82, 2.24) is 4.90 Å². The van der Waals surface area contributed by atoms with E-state index < -0.39 is 12.2 Å². The summed E-state index contributed by atoms with van der Waals surface area (Å²) in [6.07, 6.45) is 1.13. The van der Waals surface area contributed by atoms with Gasteiger partial charge in [0.2, 0.25) is 5.91 Å². The van der Waals surface area contributed by atoms with Crippen molar-refractivity contribution in [3.63, 3.8) is 0 Å². The van der Waals surface area contributed by atoms with Gasteiger partial charge in [-0.3, -0.25) is 9.69 Å². The van der Waals surface area contributed by atoms with Gasteiger partial charge in [0.1, 0.15) is 0 Å². The van der Waals surface area contributed by atoms with Crippen LogP contribution in [-0.2, 0) is 11.2 Å². The zero-order valence-electron chi connectivity index (χ0n) is 14.6. The van der Waals surface area contributed by atoms with Crippen molar-refractivity contribution in [2.45, 2.75) is 37.4 Å². The number of benzene rings is 1. The van der Waals surface area contributed by atoms with E-state index in [0.717, 1.165) is 29.8 Å². The summed E-state index contributed by atoms with van der Waals surface area (Å²) >= 11 is 1.70. The van der Waals surface area contributed by atoms with E-state index in [0.29, 0.717) is 25.9 Å². The van der Waals surface area contributed by atoms with Gasteiger partial charge in [0.15, 0.2) is 0 Å². The molecule has 2 aromatic rings. The number of rotatable bonds is 4. The predicted molar refractivity (Wildman–Crippen MR) is 102 cm³/mol. The summed E-state index contributed by atoms with van der Waals surface area (Å²) in [6, 6.07) is 9.87. The van der Waals surface area contributed by atoms with Gasteiger partial charge in [-0.15, -0.1) is 11.3 Å². The van der Waals surface area contributed by atoms with Gasteiger partial charge in [-0.25, -0.2) is 0 Å². The van der Waals surface area contributed by atoms with Crippen molar-refractivity contribution in [3.05, 3.63) is 51.7 Å². The van der Waals surface area contributed by atoms with Gasteiger partial charge in [0, 0.05) is 36.0 Å². The fourth-order valence-corrected chi connectivity index (χ4v) is 4.88. The standard InChI is InChI=1S/C20H24N2O3S/c23-17(14-3-5-16-13(10-14)4-6-20(25)21-16)11-22-8-7-15(18(24)12-22)19-2-1-9-26-19/h1-3,5,9-10,15,17-18,23-24H,4,6-8,11-12H2,(H,21,25)/t15-,17+,18-/m0/s1. The Hall–Kier alpha value is -1.73. The second-order valence-corrected chi connectivity index (χ2v) is 8.20. The highest BCUT2D eigenvalue weighted by Gasteiger charge is 2.30. The van der Waals surface area contributed by atoms with E-state index in [1.807, 2.05) is 24.3 Å². The van der Waals surface area contributed by atoms with Crippen molar-refractivity contribution in [3.8, 4) is 0 Å². The fraction of sp³-hybridized carbons (Fsp3) is 0.450. The average Bonchev–Trinajstić information content (AvgIpc) is 3.15. The first-order chi connectivity index (χ1) is 12.6. The summed E-state index contributed by atoms with van der Waals surface area (Å²) in [7, 11) is 0. The number of carbonyl (C=O) groups is 1. The minimum atomic E-state index is -0.594. The Balaban J connectivity index is 1.38. The molecule has 4 rings (SSSR count). The van der Waals surface area contributed by atoms with Gasteiger partial charge >= 0.3 is 0 Å². The molecule has 5 nitrogen and oxygen atoms in total. The molecule has 3 atom stereocenters. The van der Waals surface area contributed by atoms with E-state index in [-0.39, 0.29) is 11.8 Å². The molecule has 1 aromatic heterocycles. The molecule has 0 unspecified atom stereocenters. The minimum Gasteiger partial charge on any atom is -0.391 e. The molecule has 3 heterocycles. The Morgan fingerprint density at radius 2 is 2.19 bits per heavy atom. The number of likely N-dealkylation sites (tertiary alicyclic amines) is 1. The molecule has 0 radical (unpaired) electrons. The van der Waals surface area contributed by atoms with Crippen LogP contribution in [0.3, 0.4) is 0 Å². The van der Waals surface area contributed by atoms with Crippen molar-refractivity contribution in [2.75, 3.05) is 25.0 Å². The SMILES string of the molecule is O=C1CCc2cc([C@H](O)CN3CC[C@H](c4cccs4)[C@@H](O)C3)ccc2N1. The topological polar surface area (TPSA) is 72.8 Å². The maximum Gasteiger partial charge on any atom is 0.224 e. The highest BCUT2D eigenvalue weighted by molar-refractivity contribution is 7.10. The second-order valence-electron chi connectivity index (χ2n) is 7.22. The third-order valence-electron chi connectivity index (χ3n) is 5.42. The van der Waals surface area contributed by atoms with Gasteiger partial charge in [0.05, 0.1) is 12.2 Å². The summed E-state index contributed by atoms with van der Waals surface area (Å²) in [5, 5.41) is 26.1. The fourth-order valence-electron chi connectivity index (χ4n) is 3.96. The maximum absolute atomic E-state index is 11.5. The van der Waals surface area contributed by atoms with Crippen LogP contribution in [0.5, 0.6) is 0 Å². The molecule has 2 aliphatic heterocycles. The van der Waals surface area contributed by atoms with Gasteiger partial charge in [0.25, 0.3) is 0 Å². The molecule has 1 amide bonds. The lowest BCUT2D eigenvalue weighted by Gasteiger charge is -2.36. The van der Waals surface area contributed by atoms with Crippen LogP contribution in [0.1, 0.15) is 40.9 Å². The molecule has 2 aliphatic rings. The van der Waals surface area contributed by atoms with E-state index in [2.05, 4.69) is 21.7 Å². The molecular weight excluding hydrogens is 348 g/mol. The summed E-state index contributed by atoms with van der Waals surface area (Å²) in [5.41, 5.74) is 2.80. The van der Waals surface area contributed by atoms with Crippen molar-refractivity contribution < 1.29 is 15.0 Å². The summed E-state index contributed by atoms with van der Waals surface area (Å²) < 4.78 is 0. The van der Waals surface area contributed by atoms with E-state index in [1.54, 1.807) is 11.3 Å². The molecule has 1 saturated heterocycles. The number of aryl methyl sites for hydroxylation is 1. The number of hydrogen-bond acceptors (Lipinski definition) is 5. The number of β-amino-alcohol motifs (C(OH)–C–C–N with tert-alkyl or cyclic N) is 2. The number of hydrogen-bond donors (Lipinski definition) is 3. The zero-order valence-corrected chi connectivity index (χ0v) is 15.4. The molecule has 1 aromatic carbocycles. The number of anilines is 1. The van der Waals surface area contributed by atoms with Crippen LogP contribution in [0, 0.1) is 0 Å². The Kier molecular flexibility index (Phi) is 5.09. The van der Waals surface area contributed by atoms with Crippen LogP contribution >= 0.6 is 11.3 Å². The van der Waals surface area contributed by atoms with Gasteiger partial charge in [-0.05, 0) is 48.0 Å². The predicted octanol–water partition coefficient (Wildman–Crippen LogP) is 2.52. The average molecular weight is 372 g/mol. The number of fused-ring (bicyclic) bond motifs is 1. The van der Waals surface area contributed by atoms with Crippen LogP contribution in [0.2, 0.25) is 0 Å². The Morgan fingerprint density at radius 3 is 2.96 bits per heavy atom. The van der Waals surface area contributed by atoms with Crippen LogP contribution in [0.4, 0.5) is 5.69 Å². The number of nitrogens with zero attached hydrogens (tertiary/aromatic N) is 1. The second kappa shape index (κ2) is 7.48. The summed E-state index contributed by atoms with van der Waals surface area (Å²) in [6.45, 7) is 1.97. The number of piperidine rings is 1. The van der Waals surface area contributed by atoms with Crippen LogP contribution in [-0.4, -0.2) is 46.8 Å². The molecule has 0 spiro atoms. The first kappa shape index (κ1) is 17.7. The third kappa shape index (κ3) is 3.69. The lowest BCUT2D eigenvalue weighted by Crippen LogP contribution is -2.44. The van der Waals surface area contributed by atoms with E-state index in [9.17, 15) is 15.0 Å². The smallest absolute Gasteiger partial charge is 0.224 e. The van der Waals surface area contributed by atoms with Crippen LogP contribution in [0.25, 0.3) is 0 Å². The molecule has 1 fully saturated rings. The van der Waals surface area contributed by atoms with Crippen LogP contribution in [0.15, 0.2) is 35.7 Å². The molecule has 0 aliphatic carbocycles. The Bertz CT molecular complexity index is 777. The lowest BCUT2D eigenvalue weighted by atomic mass is 9.92. The molecule has 138 valence electrons. The number of thiophene rings is 1. The molecule has 3 N–H and O–H groups in total. The first-order valence-electron chi connectivity index (χ1n) is 9.14. The monoisotopic (exact) mass is 372 g/mol. The lowest BCUT2D eigenvalue weighted by molar-refractivity contribution is -0.116. The van der Waals surface area contributed by atoms with Gasteiger partial charge < -0.3 is 15.5 Å². The zero-order chi connectivity index (χ0) is 18.1. The molecular formula is C20H24N2O3S. The van der Waals surface area contributed by atoms with Gasteiger partial charge in [-0.2, -0.15) is 0 Å². The largest absolute Gasteiger partial charge is 0.391 e. The van der Waals surface area contributed by atoms with Crippen molar-refractivity contribution in [1.29, 1.82) is 0 Å². The maximum atomic E-state index is 11.5. The summed E-state index contributed by atoms with van der Waals surface area (Å²) in [5.74, 6) is 0.254. The Morgan fingerprint density at radius 1 is 1.31 bits per heavy atom. The number of nitrogens with one attached hydrogen (secondary N) is 1. The highest BCUT2D eigenvalue weighted by Crippen LogP contribution is 2.32. The molecule has 26 heavy (non-hydrogen) atoms. The molecule has 0 saturated carbocycles. The molecule has 0 bridgehead atoms. The Labute approximate surface area is 157 Å². The first-order valence-corrected chi connectivity index (χ1v) is 10.0. The molecule has 6 heteroatoms. The van der Waals surface area contributed by atoms with E-state index >= 15 is 0 Å². The number of carbonyl (C=O) groups excluding carboxylic acids is 1.